The number of likely N-dealkylation sites (tertiary alicyclic amines) is 1. The maximum atomic E-state index is 11.4. The second kappa shape index (κ2) is 4.00. The van der Waals surface area contributed by atoms with Gasteiger partial charge in [-0.05, 0) is 38.3 Å². The number of hydrogen-bond acceptors (Lipinski definition) is 3. The Balaban J connectivity index is 1.92. The number of carbonyl (C=O) groups excluding carboxylic acids is 1. The van der Waals surface area contributed by atoms with Crippen molar-refractivity contribution in [3.05, 3.63) is 0 Å². The molecule has 2 aliphatic heterocycles. The van der Waals surface area contributed by atoms with Gasteiger partial charge in [-0.25, -0.2) is 0 Å². The molecule has 2 fully saturated rings. The lowest BCUT2D eigenvalue weighted by Gasteiger charge is -2.30. The molecule has 2 heterocycles. The van der Waals surface area contributed by atoms with E-state index in [0.717, 1.165) is 39.1 Å². The van der Waals surface area contributed by atoms with Crippen molar-refractivity contribution in [1.29, 1.82) is 0 Å². The summed E-state index contributed by atoms with van der Waals surface area (Å²) < 4.78 is 0. The highest BCUT2D eigenvalue weighted by Gasteiger charge is 2.41. The van der Waals surface area contributed by atoms with Gasteiger partial charge in [0.25, 0.3) is 0 Å². The molecule has 2 saturated heterocycles. The Morgan fingerprint density at radius 3 is 2.69 bits per heavy atom. The SMILES string of the molecule is CC1(CN2CCC(C)(C(N)=O)C2)CCNC1. The van der Waals surface area contributed by atoms with E-state index in [1.807, 2.05) is 6.92 Å². The van der Waals surface area contributed by atoms with E-state index in [-0.39, 0.29) is 11.3 Å². The van der Waals surface area contributed by atoms with Gasteiger partial charge in [-0.15, -0.1) is 0 Å². The molecular weight excluding hydrogens is 202 g/mol. The Morgan fingerprint density at radius 1 is 1.44 bits per heavy atom. The number of carbonyl (C=O) groups is 1. The van der Waals surface area contributed by atoms with Crippen LogP contribution in [-0.4, -0.2) is 43.5 Å². The fourth-order valence-electron chi connectivity index (χ4n) is 2.94. The molecule has 0 aromatic heterocycles. The first-order valence-corrected chi connectivity index (χ1v) is 6.17. The Hall–Kier alpha value is -0.610. The van der Waals surface area contributed by atoms with E-state index in [1.165, 1.54) is 6.42 Å². The summed E-state index contributed by atoms with van der Waals surface area (Å²) in [7, 11) is 0. The number of rotatable bonds is 3. The number of hydrogen-bond donors (Lipinski definition) is 2. The Morgan fingerprint density at radius 2 is 2.19 bits per heavy atom. The summed E-state index contributed by atoms with van der Waals surface area (Å²) in [5.41, 5.74) is 5.53. The lowest BCUT2D eigenvalue weighted by Crippen LogP contribution is -2.40. The Kier molecular flexibility index (Phi) is 2.97. The monoisotopic (exact) mass is 225 g/mol. The highest BCUT2D eigenvalue weighted by molar-refractivity contribution is 5.81. The van der Waals surface area contributed by atoms with Gasteiger partial charge >= 0.3 is 0 Å². The molecule has 2 aliphatic rings. The Bertz CT molecular complexity index is 286. The molecule has 0 spiro atoms. The van der Waals surface area contributed by atoms with E-state index >= 15 is 0 Å². The van der Waals surface area contributed by atoms with Crippen LogP contribution in [-0.2, 0) is 4.79 Å². The quantitative estimate of drug-likeness (QED) is 0.720. The molecule has 0 aromatic carbocycles. The predicted molar refractivity (Wildman–Crippen MR) is 64.0 cm³/mol. The van der Waals surface area contributed by atoms with Crippen LogP contribution >= 0.6 is 0 Å². The van der Waals surface area contributed by atoms with Crippen molar-refractivity contribution < 1.29 is 4.79 Å². The molecule has 1 amide bonds. The average Bonchev–Trinajstić information content (AvgIpc) is 2.75. The molecule has 0 saturated carbocycles. The van der Waals surface area contributed by atoms with Crippen LogP contribution in [0.5, 0.6) is 0 Å². The summed E-state index contributed by atoms with van der Waals surface area (Å²) >= 11 is 0. The van der Waals surface area contributed by atoms with Crippen LogP contribution in [0.1, 0.15) is 26.7 Å². The summed E-state index contributed by atoms with van der Waals surface area (Å²) in [4.78, 5) is 13.8. The van der Waals surface area contributed by atoms with Crippen LogP contribution in [0.25, 0.3) is 0 Å². The van der Waals surface area contributed by atoms with Crippen LogP contribution in [0.4, 0.5) is 0 Å². The van der Waals surface area contributed by atoms with Crippen molar-refractivity contribution in [2.75, 3.05) is 32.7 Å². The third-order valence-electron chi connectivity index (χ3n) is 4.21. The molecule has 2 rings (SSSR count). The number of nitrogens with one attached hydrogen (secondary N) is 1. The van der Waals surface area contributed by atoms with Gasteiger partial charge in [0.05, 0.1) is 5.41 Å². The van der Waals surface area contributed by atoms with E-state index in [0.29, 0.717) is 5.41 Å². The first-order chi connectivity index (χ1) is 7.44. The minimum absolute atomic E-state index is 0.148. The normalized spacial score (nSPS) is 40.4. The van der Waals surface area contributed by atoms with Crippen LogP contribution < -0.4 is 11.1 Å². The van der Waals surface area contributed by atoms with Gasteiger partial charge in [0.2, 0.25) is 5.91 Å². The molecule has 92 valence electrons. The zero-order valence-electron chi connectivity index (χ0n) is 10.4. The smallest absolute Gasteiger partial charge is 0.224 e. The summed E-state index contributed by atoms with van der Waals surface area (Å²) in [6.07, 6.45) is 2.14. The highest BCUT2D eigenvalue weighted by Crippen LogP contribution is 2.33. The Labute approximate surface area is 97.6 Å². The van der Waals surface area contributed by atoms with Crippen LogP contribution in [0.3, 0.4) is 0 Å². The molecule has 3 N–H and O–H groups in total. The maximum Gasteiger partial charge on any atom is 0.224 e. The van der Waals surface area contributed by atoms with Gasteiger partial charge in [-0.3, -0.25) is 4.79 Å². The van der Waals surface area contributed by atoms with E-state index < -0.39 is 0 Å². The summed E-state index contributed by atoms with van der Waals surface area (Å²) in [6, 6.07) is 0. The van der Waals surface area contributed by atoms with E-state index in [4.69, 9.17) is 5.73 Å². The summed E-state index contributed by atoms with van der Waals surface area (Å²) in [6.45, 7) is 9.46. The molecule has 4 heteroatoms. The van der Waals surface area contributed by atoms with Crippen LogP contribution in [0, 0.1) is 10.8 Å². The summed E-state index contributed by atoms with van der Waals surface area (Å²) in [5.74, 6) is -0.148. The van der Waals surface area contributed by atoms with Gasteiger partial charge in [0.15, 0.2) is 0 Å². The second-order valence-corrected chi connectivity index (χ2v) is 6.12. The van der Waals surface area contributed by atoms with Crippen molar-refractivity contribution in [3.63, 3.8) is 0 Å². The zero-order chi connectivity index (χ0) is 11.8. The largest absolute Gasteiger partial charge is 0.369 e. The van der Waals surface area contributed by atoms with Crippen molar-refractivity contribution in [3.8, 4) is 0 Å². The first kappa shape index (κ1) is 11.9. The van der Waals surface area contributed by atoms with E-state index in [2.05, 4.69) is 17.1 Å². The van der Waals surface area contributed by atoms with Crippen molar-refractivity contribution in [2.45, 2.75) is 26.7 Å². The maximum absolute atomic E-state index is 11.4. The minimum Gasteiger partial charge on any atom is -0.369 e. The van der Waals surface area contributed by atoms with Gasteiger partial charge in [0, 0.05) is 19.6 Å². The van der Waals surface area contributed by atoms with Crippen molar-refractivity contribution >= 4 is 5.91 Å². The topological polar surface area (TPSA) is 58.4 Å². The predicted octanol–water partition coefficient (Wildman–Crippen LogP) is 0.183. The number of primary amides is 1. The fraction of sp³-hybridized carbons (Fsp3) is 0.917. The number of nitrogens with zero attached hydrogens (tertiary/aromatic N) is 1. The molecule has 4 nitrogen and oxygen atoms in total. The second-order valence-electron chi connectivity index (χ2n) is 6.12. The third kappa shape index (κ3) is 2.23. The van der Waals surface area contributed by atoms with Gasteiger partial charge in [-0.2, -0.15) is 0 Å². The molecule has 0 aliphatic carbocycles. The lowest BCUT2D eigenvalue weighted by atomic mass is 9.88. The van der Waals surface area contributed by atoms with Gasteiger partial charge in [-0.1, -0.05) is 6.92 Å². The summed E-state index contributed by atoms with van der Waals surface area (Å²) in [5, 5.41) is 3.41. The average molecular weight is 225 g/mol. The molecular formula is C12H23N3O. The number of nitrogens with two attached hydrogens (primary N) is 1. The molecule has 0 bridgehead atoms. The van der Waals surface area contributed by atoms with Crippen molar-refractivity contribution in [1.82, 2.24) is 10.2 Å². The number of amides is 1. The first-order valence-electron chi connectivity index (χ1n) is 6.17. The third-order valence-corrected chi connectivity index (χ3v) is 4.21. The standard InChI is InChI=1S/C12H23N3O/c1-11(3-5-14-7-11)8-15-6-4-12(2,9-15)10(13)16/h14H,3-9H2,1-2H3,(H2,13,16). The molecule has 2 unspecified atom stereocenters. The van der Waals surface area contributed by atoms with E-state index in [1.54, 1.807) is 0 Å². The molecule has 0 radical (unpaired) electrons. The zero-order valence-corrected chi connectivity index (χ0v) is 10.4. The fourth-order valence-corrected chi connectivity index (χ4v) is 2.94. The molecule has 16 heavy (non-hydrogen) atoms. The van der Waals surface area contributed by atoms with Gasteiger partial charge < -0.3 is 16.0 Å². The molecule has 0 aromatic rings. The van der Waals surface area contributed by atoms with E-state index in [9.17, 15) is 4.79 Å². The van der Waals surface area contributed by atoms with Gasteiger partial charge in [0.1, 0.15) is 0 Å². The molecule has 2 atom stereocenters. The minimum atomic E-state index is -0.303. The lowest BCUT2D eigenvalue weighted by molar-refractivity contribution is -0.126. The van der Waals surface area contributed by atoms with Crippen molar-refractivity contribution in [2.24, 2.45) is 16.6 Å². The van der Waals surface area contributed by atoms with Crippen LogP contribution in [0.2, 0.25) is 0 Å². The highest BCUT2D eigenvalue weighted by atomic mass is 16.1. The van der Waals surface area contributed by atoms with Crippen LogP contribution in [0.15, 0.2) is 0 Å².